The fraction of sp³-hybridized carbons (Fsp3) is 0.389. The summed E-state index contributed by atoms with van der Waals surface area (Å²) < 4.78 is 25.6. The van der Waals surface area contributed by atoms with Crippen molar-refractivity contribution in [2.75, 3.05) is 11.5 Å². The average Bonchev–Trinajstić information content (AvgIpc) is 2.97. The molecule has 144 valence electrons. The highest BCUT2D eigenvalue weighted by molar-refractivity contribution is 7.91. The van der Waals surface area contributed by atoms with E-state index < -0.39 is 27.0 Å². The third-order valence-electron chi connectivity index (χ3n) is 4.61. The number of carbonyl (C=O) groups excluding carboxylic acids is 1. The summed E-state index contributed by atoms with van der Waals surface area (Å²) in [5.41, 5.74) is -0.229. The molecule has 8 nitrogen and oxygen atoms in total. The average molecular weight is 391 g/mol. The van der Waals surface area contributed by atoms with Crippen LogP contribution in [0.25, 0.3) is 11.0 Å². The van der Waals surface area contributed by atoms with E-state index in [1.165, 1.54) is 9.13 Å². The van der Waals surface area contributed by atoms with Crippen molar-refractivity contribution in [1.82, 2.24) is 14.5 Å². The number of amides is 1. The van der Waals surface area contributed by atoms with Gasteiger partial charge >= 0.3 is 11.1 Å². The van der Waals surface area contributed by atoms with Crippen LogP contribution in [0.3, 0.4) is 0 Å². The van der Waals surface area contributed by atoms with Crippen LogP contribution in [-0.2, 0) is 27.7 Å². The number of hydrogen-bond donors (Lipinski definition) is 1. The van der Waals surface area contributed by atoms with E-state index in [0.717, 1.165) is 0 Å². The summed E-state index contributed by atoms with van der Waals surface area (Å²) in [5.74, 6) is -0.327. The number of benzene rings is 1. The molecule has 1 atom stereocenters. The minimum Gasteiger partial charge on any atom is -0.352 e. The molecule has 1 aromatic heterocycles. The van der Waals surface area contributed by atoms with Gasteiger partial charge < -0.3 is 9.88 Å². The van der Waals surface area contributed by atoms with Crippen molar-refractivity contribution in [1.29, 1.82) is 0 Å². The lowest BCUT2D eigenvalue weighted by molar-refractivity contribution is -0.121. The highest BCUT2D eigenvalue weighted by Crippen LogP contribution is 2.13. The van der Waals surface area contributed by atoms with Gasteiger partial charge in [-0.25, -0.2) is 8.42 Å². The van der Waals surface area contributed by atoms with Crippen molar-refractivity contribution < 1.29 is 13.2 Å². The molecule has 3 rings (SSSR count). The van der Waals surface area contributed by atoms with E-state index in [9.17, 15) is 22.8 Å². The minimum absolute atomic E-state index is 0.0225. The van der Waals surface area contributed by atoms with E-state index in [-0.39, 0.29) is 36.9 Å². The van der Waals surface area contributed by atoms with Gasteiger partial charge in [-0.2, -0.15) is 0 Å². The molecule has 0 aliphatic carbocycles. The van der Waals surface area contributed by atoms with Crippen molar-refractivity contribution in [2.24, 2.45) is 0 Å². The summed E-state index contributed by atoms with van der Waals surface area (Å²) in [7, 11) is -3.08. The van der Waals surface area contributed by atoms with Crippen LogP contribution in [0.5, 0.6) is 0 Å². The van der Waals surface area contributed by atoms with Crippen LogP contribution < -0.4 is 16.4 Å². The molecule has 1 aliphatic rings. The second kappa shape index (κ2) is 7.51. The molecule has 1 aromatic carbocycles. The second-order valence-electron chi connectivity index (χ2n) is 6.57. The highest BCUT2D eigenvalue weighted by atomic mass is 32.2. The number of aryl methyl sites for hydroxylation is 1. The molecule has 1 aliphatic heterocycles. The molecule has 2 aromatic rings. The minimum atomic E-state index is -3.08. The van der Waals surface area contributed by atoms with Crippen molar-refractivity contribution in [3.63, 3.8) is 0 Å². The van der Waals surface area contributed by atoms with E-state index in [0.29, 0.717) is 17.5 Å². The molecule has 1 fully saturated rings. The van der Waals surface area contributed by atoms with Gasteiger partial charge in [-0.3, -0.25) is 19.0 Å². The maximum atomic E-state index is 12.5. The van der Waals surface area contributed by atoms with Crippen LogP contribution in [-0.4, -0.2) is 41.0 Å². The first-order chi connectivity index (χ1) is 12.8. The van der Waals surface area contributed by atoms with Crippen LogP contribution >= 0.6 is 0 Å². The zero-order valence-electron chi connectivity index (χ0n) is 14.8. The maximum Gasteiger partial charge on any atom is 0.317 e. The van der Waals surface area contributed by atoms with E-state index in [2.05, 4.69) is 11.9 Å². The Hall–Kier alpha value is -2.68. The van der Waals surface area contributed by atoms with Crippen LogP contribution in [0.1, 0.15) is 12.8 Å². The molecule has 2 heterocycles. The first-order valence-corrected chi connectivity index (χ1v) is 10.5. The van der Waals surface area contributed by atoms with Gasteiger partial charge in [-0.1, -0.05) is 18.2 Å². The normalized spacial score (nSPS) is 18.4. The number of nitrogens with zero attached hydrogens (tertiary/aromatic N) is 2. The van der Waals surface area contributed by atoms with Crippen molar-refractivity contribution >= 4 is 26.8 Å². The Morgan fingerprint density at radius 2 is 1.81 bits per heavy atom. The summed E-state index contributed by atoms with van der Waals surface area (Å²) in [6, 6.07) is 6.58. The van der Waals surface area contributed by atoms with Gasteiger partial charge in [0.05, 0.1) is 22.5 Å². The van der Waals surface area contributed by atoms with E-state index in [4.69, 9.17) is 0 Å². The molecule has 0 bridgehead atoms. The Labute approximate surface area is 156 Å². The summed E-state index contributed by atoms with van der Waals surface area (Å²) in [6.07, 6.45) is 1.92. The summed E-state index contributed by atoms with van der Waals surface area (Å²) >= 11 is 0. The summed E-state index contributed by atoms with van der Waals surface area (Å²) in [4.78, 5) is 37.1. The number of allylic oxidation sites excluding steroid dienone is 1. The molecule has 1 unspecified atom stereocenters. The lowest BCUT2D eigenvalue weighted by Crippen LogP contribution is -2.42. The number of para-hydroxylation sites is 2. The smallest absolute Gasteiger partial charge is 0.317 e. The predicted octanol–water partition coefficient (Wildman–Crippen LogP) is 0.0426. The van der Waals surface area contributed by atoms with E-state index in [1.807, 2.05) is 0 Å². The molecule has 0 spiro atoms. The number of aromatic nitrogens is 2. The molecule has 1 N–H and O–H groups in total. The largest absolute Gasteiger partial charge is 0.352 e. The maximum absolute atomic E-state index is 12.5. The van der Waals surface area contributed by atoms with Gasteiger partial charge in [-0.15, -0.1) is 6.58 Å². The number of nitrogens with one attached hydrogen (secondary N) is 1. The second-order valence-corrected chi connectivity index (χ2v) is 8.80. The topological polar surface area (TPSA) is 107 Å². The van der Waals surface area contributed by atoms with Gasteiger partial charge in [0.2, 0.25) is 5.91 Å². The standard InChI is InChI=1S/C18H21N3O5S/c1-2-9-20-14-5-3-4-6-15(14)21(18(24)17(20)23)10-7-16(22)19-13-8-11-27(25,26)12-13/h2-6,13H,1,7-12H2,(H,19,22). The Balaban J connectivity index is 1.83. The van der Waals surface area contributed by atoms with Gasteiger partial charge in [0, 0.05) is 25.6 Å². The number of sulfone groups is 1. The third kappa shape index (κ3) is 4.02. The zero-order chi connectivity index (χ0) is 19.6. The molecular formula is C18H21N3O5S. The van der Waals surface area contributed by atoms with Crippen LogP contribution in [0.2, 0.25) is 0 Å². The number of fused-ring (bicyclic) bond motifs is 1. The summed E-state index contributed by atoms with van der Waals surface area (Å²) in [5, 5.41) is 2.69. The molecule has 9 heteroatoms. The molecule has 0 saturated carbocycles. The lowest BCUT2D eigenvalue weighted by atomic mass is 10.2. The van der Waals surface area contributed by atoms with Gasteiger partial charge in [0.1, 0.15) is 0 Å². The van der Waals surface area contributed by atoms with Gasteiger partial charge in [0.25, 0.3) is 0 Å². The third-order valence-corrected chi connectivity index (χ3v) is 6.38. The van der Waals surface area contributed by atoms with Crippen molar-refractivity contribution in [3.05, 3.63) is 57.6 Å². The van der Waals surface area contributed by atoms with Gasteiger partial charge in [-0.05, 0) is 18.6 Å². The fourth-order valence-electron chi connectivity index (χ4n) is 3.32. The van der Waals surface area contributed by atoms with Crippen molar-refractivity contribution in [2.45, 2.75) is 32.0 Å². The monoisotopic (exact) mass is 391 g/mol. The van der Waals surface area contributed by atoms with E-state index >= 15 is 0 Å². The lowest BCUT2D eigenvalue weighted by Gasteiger charge is -2.15. The van der Waals surface area contributed by atoms with Crippen LogP contribution in [0.4, 0.5) is 0 Å². The highest BCUT2D eigenvalue weighted by Gasteiger charge is 2.28. The summed E-state index contributed by atoms with van der Waals surface area (Å²) in [6.45, 7) is 3.86. The first-order valence-electron chi connectivity index (χ1n) is 8.65. The van der Waals surface area contributed by atoms with Gasteiger partial charge in [0.15, 0.2) is 9.84 Å². The molecule has 27 heavy (non-hydrogen) atoms. The SMILES string of the molecule is C=CCn1c(=O)c(=O)n(CCC(=O)NC2CCS(=O)(=O)C2)c2ccccc21. The fourth-order valence-corrected chi connectivity index (χ4v) is 5.00. The quantitative estimate of drug-likeness (QED) is 0.553. The molecular weight excluding hydrogens is 370 g/mol. The Morgan fingerprint density at radius 3 is 2.41 bits per heavy atom. The van der Waals surface area contributed by atoms with Crippen LogP contribution in [0, 0.1) is 0 Å². The van der Waals surface area contributed by atoms with Crippen LogP contribution in [0.15, 0.2) is 46.5 Å². The van der Waals surface area contributed by atoms with Crippen molar-refractivity contribution in [3.8, 4) is 0 Å². The Morgan fingerprint density at radius 1 is 1.19 bits per heavy atom. The Bertz CT molecular complexity index is 1110. The predicted molar refractivity (Wildman–Crippen MR) is 102 cm³/mol. The van der Waals surface area contributed by atoms with E-state index in [1.54, 1.807) is 30.3 Å². The number of carbonyl (C=O) groups is 1. The first kappa shape index (κ1) is 19.1. The number of hydrogen-bond acceptors (Lipinski definition) is 5. The molecule has 0 radical (unpaired) electrons. The molecule has 1 amide bonds. The zero-order valence-corrected chi connectivity index (χ0v) is 15.6. The molecule has 1 saturated heterocycles. The Kier molecular flexibility index (Phi) is 5.31. The number of rotatable bonds is 6.